The zero-order chi connectivity index (χ0) is 17.0. The summed E-state index contributed by atoms with van der Waals surface area (Å²) in [6.07, 6.45) is 1.45. The van der Waals surface area contributed by atoms with Gasteiger partial charge in [0.25, 0.3) is 0 Å². The number of hydrogen-bond acceptors (Lipinski definition) is 5. The third kappa shape index (κ3) is 5.21. The third-order valence-corrected chi connectivity index (χ3v) is 4.66. The minimum Gasteiger partial charge on any atom is -0.459 e. The Labute approximate surface area is 135 Å². The molecule has 1 N–H and O–H groups in total. The first-order chi connectivity index (χ1) is 10.7. The van der Waals surface area contributed by atoms with E-state index < -0.39 is 15.8 Å². The van der Waals surface area contributed by atoms with Crippen molar-refractivity contribution in [1.82, 2.24) is 0 Å². The lowest BCUT2D eigenvalue weighted by atomic mass is 10.1. The lowest BCUT2D eigenvalue weighted by Crippen LogP contribution is -2.17. The van der Waals surface area contributed by atoms with Gasteiger partial charge in [-0.3, -0.25) is 4.79 Å². The molecule has 124 valence electrons. The zero-order valence-electron chi connectivity index (χ0n) is 13.0. The van der Waals surface area contributed by atoms with Gasteiger partial charge < -0.3 is 10.1 Å². The van der Waals surface area contributed by atoms with Crippen LogP contribution in [0.1, 0.15) is 30.6 Å². The van der Waals surface area contributed by atoms with Gasteiger partial charge in [0.1, 0.15) is 0 Å². The number of hydrogen-bond donors (Lipinski definition) is 1. The van der Waals surface area contributed by atoms with Gasteiger partial charge in [-0.1, -0.05) is 6.08 Å². The maximum Gasteiger partial charge on any atom is 0.338 e. The Hall–Kier alpha value is -2.15. The van der Waals surface area contributed by atoms with Crippen LogP contribution in [0.2, 0.25) is 0 Å². The van der Waals surface area contributed by atoms with Crippen molar-refractivity contribution in [2.75, 3.05) is 11.1 Å². The van der Waals surface area contributed by atoms with Crippen LogP contribution < -0.4 is 5.32 Å². The fraction of sp³-hybridized carbons (Fsp3) is 0.375. The highest BCUT2D eigenvalue weighted by Gasteiger charge is 2.23. The van der Waals surface area contributed by atoms with E-state index in [4.69, 9.17) is 4.74 Å². The second-order valence-corrected chi connectivity index (χ2v) is 7.63. The third-order valence-electron chi connectivity index (χ3n) is 3.20. The van der Waals surface area contributed by atoms with E-state index in [1.54, 1.807) is 44.2 Å². The van der Waals surface area contributed by atoms with E-state index in [1.807, 2.05) is 0 Å². The van der Waals surface area contributed by atoms with E-state index in [9.17, 15) is 18.0 Å². The average Bonchev–Trinajstić information content (AvgIpc) is 2.77. The summed E-state index contributed by atoms with van der Waals surface area (Å²) in [4.78, 5) is 23.6. The second-order valence-electron chi connectivity index (χ2n) is 5.70. The Balaban J connectivity index is 1.89. The molecule has 1 atom stereocenters. The van der Waals surface area contributed by atoms with Crippen molar-refractivity contribution in [1.29, 1.82) is 0 Å². The highest BCUT2D eigenvalue weighted by atomic mass is 32.2. The number of amides is 1. The van der Waals surface area contributed by atoms with E-state index in [-0.39, 0.29) is 30.1 Å². The molecule has 0 radical (unpaired) electrons. The monoisotopic (exact) mass is 337 g/mol. The minimum absolute atomic E-state index is 0.0274. The molecule has 0 aliphatic carbocycles. The van der Waals surface area contributed by atoms with Crippen LogP contribution in [0.4, 0.5) is 5.69 Å². The summed E-state index contributed by atoms with van der Waals surface area (Å²) in [6, 6.07) is 6.35. The first-order valence-electron chi connectivity index (χ1n) is 7.27. The number of ether oxygens (including phenoxy) is 1. The zero-order valence-corrected chi connectivity index (χ0v) is 13.8. The molecule has 6 nitrogen and oxygen atoms in total. The fourth-order valence-electron chi connectivity index (χ4n) is 2.19. The first-order valence-corrected chi connectivity index (χ1v) is 8.98. The number of benzene rings is 1. The number of sulfone groups is 1. The molecule has 1 aromatic rings. The Kier molecular flexibility index (Phi) is 5.20. The molecule has 1 aliphatic rings. The number of rotatable bonds is 5. The van der Waals surface area contributed by atoms with Crippen molar-refractivity contribution in [3.63, 3.8) is 0 Å². The Morgan fingerprint density at radius 1 is 1.26 bits per heavy atom. The lowest BCUT2D eigenvalue weighted by Gasteiger charge is -2.10. The SMILES string of the molecule is CC(C)OC(=O)c1ccc(NC(=O)C[C@@H]2C=CS(=O)(=O)C2)cc1. The number of allylic oxidation sites excluding steroid dienone is 1. The summed E-state index contributed by atoms with van der Waals surface area (Å²) in [7, 11) is -3.15. The van der Waals surface area contributed by atoms with Gasteiger partial charge in [-0.05, 0) is 38.1 Å². The van der Waals surface area contributed by atoms with Crippen molar-refractivity contribution in [2.24, 2.45) is 5.92 Å². The molecule has 0 unspecified atom stereocenters. The number of nitrogens with one attached hydrogen (secondary N) is 1. The van der Waals surface area contributed by atoms with Crippen LogP contribution in [0, 0.1) is 5.92 Å². The van der Waals surface area contributed by atoms with Crippen LogP contribution in [0.15, 0.2) is 35.7 Å². The molecule has 1 aliphatic heterocycles. The van der Waals surface area contributed by atoms with Gasteiger partial charge in [-0.2, -0.15) is 0 Å². The second kappa shape index (κ2) is 6.95. The van der Waals surface area contributed by atoms with Gasteiger partial charge >= 0.3 is 5.97 Å². The highest BCUT2D eigenvalue weighted by Crippen LogP contribution is 2.19. The predicted octanol–water partition coefficient (Wildman–Crippen LogP) is 2.14. The summed E-state index contributed by atoms with van der Waals surface area (Å²) in [5.74, 6) is -1.01. The topological polar surface area (TPSA) is 89.5 Å². The van der Waals surface area contributed by atoms with Gasteiger partial charge in [0.2, 0.25) is 5.91 Å². The van der Waals surface area contributed by atoms with E-state index in [2.05, 4.69) is 5.32 Å². The maximum absolute atomic E-state index is 11.9. The minimum atomic E-state index is -3.15. The van der Waals surface area contributed by atoms with E-state index in [0.717, 1.165) is 5.41 Å². The summed E-state index contributed by atoms with van der Waals surface area (Å²) in [5, 5.41) is 3.84. The molecule has 2 rings (SSSR count). The Bertz CT molecular complexity index is 719. The van der Waals surface area contributed by atoms with Crippen molar-refractivity contribution in [3.05, 3.63) is 41.3 Å². The predicted molar refractivity (Wildman–Crippen MR) is 86.7 cm³/mol. The maximum atomic E-state index is 11.9. The smallest absolute Gasteiger partial charge is 0.338 e. The molecule has 1 aromatic carbocycles. The standard InChI is InChI=1S/C16H19NO5S/c1-11(2)22-16(19)13-3-5-14(6-4-13)17-15(18)9-12-7-8-23(20,21)10-12/h3-8,11-12H,9-10H2,1-2H3,(H,17,18)/t12-/m0/s1. The molecule has 0 aromatic heterocycles. The van der Waals surface area contributed by atoms with Crippen molar-refractivity contribution in [2.45, 2.75) is 26.4 Å². The summed E-state index contributed by atoms with van der Waals surface area (Å²) in [6.45, 7) is 3.54. The molecular weight excluding hydrogens is 318 g/mol. The van der Waals surface area contributed by atoms with Gasteiger partial charge in [-0.15, -0.1) is 0 Å². The highest BCUT2D eigenvalue weighted by molar-refractivity contribution is 7.94. The fourth-order valence-corrected chi connectivity index (χ4v) is 3.59. The number of carbonyl (C=O) groups excluding carboxylic acids is 2. The van der Waals surface area contributed by atoms with E-state index in [1.165, 1.54) is 0 Å². The molecule has 23 heavy (non-hydrogen) atoms. The van der Waals surface area contributed by atoms with Crippen LogP contribution in [-0.4, -0.2) is 32.2 Å². The first kappa shape index (κ1) is 17.2. The van der Waals surface area contributed by atoms with Crippen LogP contribution in [-0.2, 0) is 19.4 Å². The molecular formula is C16H19NO5S. The molecule has 0 fully saturated rings. The summed E-state index contributed by atoms with van der Waals surface area (Å²) < 4.78 is 27.7. The van der Waals surface area contributed by atoms with Gasteiger partial charge in [0.15, 0.2) is 9.84 Å². The average molecular weight is 337 g/mol. The summed E-state index contributed by atoms with van der Waals surface area (Å²) in [5.41, 5.74) is 0.947. The van der Waals surface area contributed by atoms with E-state index >= 15 is 0 Å². The van der Waals surface area contributed by atoms with E-state index in [0.29, 0.717) is 11.3 Å². The van der Waals surface area contributed by atoms with Crippen molar-refractivity contribution >= 4 is 27.4 Å². The molecule has 0 bridgehead atoms. The number of esters is 1. The number of carbonyl (C=O) groups is 2. The van der Waals surface area contributed by atoms with Crippen molar-refractivity contribution in [3.8, 4) is 0 Å². The van der Waals surface area contributed by atoms with Crippen molar-refractivity contribution < 1.29 is 22.7 Å². The van der Waals surface area contributed by atoms with Crippen LogP contribution in [0.5, 0.6) is 0 Å². The summed E-state index contributed by atoms with van der Waals surface area (Å²) >= 11 is 0. The molecule has 0 saturated carbocycles. The van der Waals surface area contributed by atoms with Gasteiger partial charge in [-0.25, -0.2) is 13.2 Å². The lowest BCUT2D eigenvalue weighted by molar-refractivity contribution is -0.116. The number of anilines is 1. The quantitative estimate of drug-likeness (QED) is 0.832. The Morgan fingerprint density at radius 2 is 1.91 bits per heavy atom. The van der Waals surface area contributed by atoms with Gasteiger partial charge in [0, 0.05) is 23.4 Å². The van der Waals surface area contributed by atoms with Crippen LogP contribution in [0.3, 0.4) is 0 Å². The van der Waals surface area contributed by atoms with Crippen LogP contribution >= 0.6 is 0 Å². The molecule has 0 saturated heterocycles. The largest absolute Gasteiger partial charge is 0.459 e. The Morgan fingerprint density at radius 3 is 2.43 bits per heavy atom. The van der Waals surface area contributed by atoms with Gasteiger partial charge in [0.05, 0.1) is 17.4 Å². The van der Waals surface area contributed by atoms with Crippen LogP contribution in [0.25, 0.3) is 0 Å². The molecule has 1 heterocycles. The molecule has 0 spiro atoms. The molecule has 7 heteroatoms. The molecule has 1 amide bonds. The normalized spacial score (nSPS) is 18.8.